The summed E-state index contributed by atoms with van der Waals surface area (Å²) in [6.07, 6.45) is -2.85. The molecule has 0 bridgehead atoms. The maximum atomic E-state index is 11.9. The van der Waals surface area contributed by atoms with Crippen LogP contribution in [0.5, 0.6) is 0 Å². The Morgan fingerprint density at radius 1 is 1.33 bits per heavy atom. The second-order valence-corrected chi connectivity index (χ2v) is 3.94. The van der Waals surface area contributed by atoms with Gasteiger partial charge >= 0.3 is 6.18 Å². The van der Waals surface area contributed by atoms with Crippen LogP contribution in [0.15, 0.2) is 0 Å². The molecule has 0 saturated carbocycles. The number of nitrogens with one attached hydrogen (secondary N) is 1. The van der Waals surface area contributed by atoms with E-state index in [0.29, 0.717) is 0 Å². The largest absolute Gasteiger partial charge is 0.390 e. The van der Waals surface area contributed by atoms with Gasteiger partial charge in [-0.3, -0.25) is 0 Å². The van der Waals surface area contributed by atoms with Crippen molar-refractivity contribution in [1.29, 1.82) is 0 Å². The minimum absolute atomic E-state index is 0.0875. The molecular formula is C10H21F3N2. The van der Waals surface area contributed by atoms with Crippen LogP contribution in [0.2, 0.25) is 0 Å². The normalized spacial score (nSPS) is 14.6. The fourth-order valence-electron chi connectivity index (χ4n) is 1.32. The van der Waals surface area contributed by atoms with Gasteiger partial charge in [0.1, 0.15) is 0 Å². The van der Waals surface area contributed by atoms with Crippen molar-refractivity contribution >= 4 is 0 Å². The highest BCUT2D eigenvalue weighted by atomic mass is 19.4. The Hall–Kier alpha value is -0.290. The highest BCUT2D eigenvalue weighted by Gasteiger charge is 2.27. The molecule has 0 fully saturated rings. The third-order valence-electron chi connectivity index (χ3n) is 2.55. The molecule has 0 spiro atoms. The van der Waals surface area contributed by atoms with Crippen molar-refractivity contribution in [2.45, 2.75) is 38.4 Å². The summed E-state index contributed by atoms with van der Waals surface area (Å²) in [6.45, 7) is 2.97. The molecule has 5 heteroatoms. The van der Waals surface area contributed by atoms with Crippen LogP contribution in [0, 0.1) is 0 Å². The molecule has 0 radical (unpaired) electrons. The summed E-state index contributed by atoms with van der Waals surface area (Å²) in [5, 5.41) is 3.02. The average molecular weight is 226 g/mol. The molecule has 0 aliphatic rings. The van der Waals surface area contributed by atoms with Gasteiger partial charge in [0.2, 0.25) is 0 Å². The van der Waals surface area contributed by atoms with Crippen molar-refractivity contribution in [2.75, 3.05) is 27.2 Å². The molecule has 0 amide bonds. The standard InChI is InChI=1S/C10H21F3N2/c1-9(5-4-7-14-2)15(3)8-6-10(11,12)13/h9,14H,4-8H2,1-3H3. The lowest BCUT2D eigenvalue weighted by atomic mass is 10.1. The zero-order chi connectivity index (χ0) is 11.9. The van der Waals surface area contributed by atoms with Crippen LogP contribution in [0.25, 0.3) is 0 Å². The molecule has 1 atom stereocenters. The lowest BCUT2D eigenvalue weighted by Crippen LogP contribution is -2.32. The van der Waals surface area contributed by atoms with Crippen LogP contribution in [-0.4, -0.2) is 44.3 Å². The van der Waals surface area contributed by atoms with Gasteiger partial charge < -0.3 is 10.2 Å². The van der Waals surface area contributed by atoms with E-state index in [2.05, 4.69) is 5.32 Å². The van der Waals surface area contributed by atoms with E-state index >= 15 is 0 Å². The van der Waals surface area contributed by atoms with Crippen molar-refractivity contribution in [3.05, 3.63) is 0 Å². The van der Waals surface area contributed by atoms with E-state index in [1.165, 1.54) is 0 Å². The van der Waals surface area contributed by atoms with Crippen molar-refractivity contribution < 1.29 is 13.2 Å². The maximum Gasteiger partial charge on any atom is 0.390 e. The van der Waals surface area contributed by atoms with E-state index < -0.39 is 12.6 Å². The summed E-state index contributed by atoms with van der Waals surface area (Å²) in [5.41, 5.74) is 0. The van der Waals surface area contributed by atoms with Crippen LogP contribution in [0.1, 0.15) is 26.2 Å². The van der Waals surface area contributed by atoms with Crippen LogP contribution in [0.4, 0.5) is 13.2 Å². The Morgan fingerprint density at radius 3 is 2.40 bits per heavy atom. The Bertz CT molecular complexity index is 159. The Kier molecular flexibility index (Phi) is 6.92. The number of halogens is 3. The first kappa shape index (κ1) is 14.7. The average Bonchev–Trinajstić information content (AvgIpc) is 2.13. The molecule has 0 aromatic carbocycles. The lowest BCUT2D eigenvalue weighted by molar-refractivity contribution is -0.138. The maximum absolute atomic E-state index is 11.9. The molecule has 2 nitrogen and oxygen atoms in total. The number of nitrogens with zero attached hydrogens (tertiary/aromatic N) is 1. The van der Waals surface area contributed by atoms with Crippen LogP contribution >= 0.6 is 0 Å². The first-order valence-corrected chi connectivity index (χ1v) is 5.28. The van der Waals surface area contributed by atoms with E-state index in [-0.39, 0.29) is 12.6 Å². The molecule has 0 aliphatic carbocycles. The van der Waals surface area contributed by atoms with Gasteiger partial charge in [0.05, 0.1) is 6.42 Å². The smallest absolute Gasteiger partial charge is 0.320 e. The van der Waals surface area contributed by atoms with E-state index in [9.17, 15) is 13.2 Å². The molecule has 0 rings (SSSR count). The molecule has 0 saturated heterocycles. The van der Waals surface area contributed by atoms with Gasteiger partial charge in [-0.1, -0.05) is 0 Å². The molecule has 0 heterocycles. The van der Waals surface area contributed by atoms with E-state index in [4.69, 9.17) is 0 Å². The predicted molar refractivity (Wildman–Crippen MR) is 55.9 cm³/mol. The van der Waals surface area contributed by atoms with Gasteiger partial charge in [-0.15, -0.1) is 0 Å². The summed E-state index contributed by atoms with van der Waals surface area (Å²) in [7, 11) is 3.62. The van der Waals surface area contributed by atoms with E-state index in [0.717, 1.165) is 19.4 Å². The summed E-state index contributed by atoms with van der Waals surface area (Å²) in [5.74, 6) is 0. The first-order chi connectivity index (χ1) is 6.87. The second kappa shape index (κ2) is 7.06. The monoisotopic (exact) mass is 226 g/mol. The van der Waals surface area contributed by atoms with Crippen LogP contribution in [0.3, 0.4) is 0 Å². The number of hydrogen-bond acceptors (Lipinski definition) is 2. The van der Waals surface area contributed by atoms with Gasteiger partial charge in [-0.25, -0.2) is 0 Å². The molecule has 15 heavy (non-hydrogen) atoms. The summed E-state index contributed by atoms with van der Waals surface area (Å²) in [4.78, 5) is 1.77. The third-order valence-corrected chi connectivity index (χ3v) is 2.55. The van der Waals surface area contributed by atoms with E-state index in [1.54, 1.807) is 11.9 Å². The zero-order valence-electron chi connectivity index (χ0n) is 9.69. The van der Waals surface area contributed by atoms with Crippen LogP contribution < -0.4 is 5.32 Å². The Labute approximate surface area is 89.8 Å². The van der Waals surface area contributed by atoms with Gasteiger partial charge in [0.25, 0.3) is 0 Å². The Morgan fingerprint density at radius 2 is 1.93 bits per heavy atom. The second-order valence-electron chi connectivity index (χ2n) is 3.94. The number of rotatable bonds is 7. The molecule has 92 valence electrons. The highest BCUT2D eigenvalue weighted by molar-refractivity contribution is 4.65. The zero-order valence-corrected chi connectivity index (χ0v) is 9.69. The fraction of sp³-hybridized carbons (Fsp3) is 1.00. The predicted octanol–water partition coefficient (Wildman–Crippen LogP) is 2.26. The molecular weight excluding hydrogens is 205 g/mol. The molecule has 1 unspecified atom stereocenters. The van der Waals surface area contributed by atoms with Gasteiger partial charge in [-0.05, 0) is 40.4 Å². The van der Waals surface area contributed by atoms with Crippen molar-refractivity contribution in [1.82, 2.24) is 10.2 Å². The SMILES string of the molecule is CNCCCC(C)N(C)CCC(F)(F)F. The van der Waals surface area contributed by atoms with Crippen molar-refractivity contribution in [3.8, 4) is 0 Å². The number of hydrogen-bond donors (Lipinski definition) is 1. The Balaban J connectivity index is 3.64. The molecule has 1 N–H and O–H groups in total. The topological polar surface area (TPSA) is 15.3 Å². The summed E-state index contributed by atoms with van der Waals surface area (Å²) >= 11 is 0. The molecule has 0 aromatic heterocycles. The quantitative estimate of drug-likeness (QED) is 0.670. The minimum Gasteiger partial charge on any atom is -0.320 e. The summed E-state index contributed by atoms with van der Waals surface area (Å²) < 4.78 is 35.8. The number of alkyl halides is 3. The molecule has 0 aliphatic heterocycles. The first-order valence-electron chi connectivity index (χ1n) is 5.28. The molecule has 0 aromatic rings. The van der Waals surface area contributed by atoms with Gasteiger partial charge in [-0.2, -0.15) is 13.2 Å². The third kappa shape index (κ3) is 8.69. The van der Waals surface area contributed by atoms with Crippen LogP contribution in [-0.2, 0) is 0 Å². The lowest BCUT2D eigenvalue weighted by Gasteiger charge is -2.25. The van der Waals surface area contributed by atoms with Gasteiger partial charge in [0.15, 0.2) is 0 Å². The summed E-state index contributed by atoms with van der Waals surface area (Å²) in [6, 6.07) is 0.209. The highest BCUT2D eigenvalue weighted by Crippen LogP contribution is 2.20. The minimum atomic E-state index is -4.04. The van der Waals surface area contributed by atoms with Crippen molar-refractivity contribution in [2.24, 2.45) is 0 Å². The van der Waals surface area contributed by atoms with E-state index in [1.807, 2.05) is 14.0 Å². The fourth-order valence-corrected chi connectivity index (χ4v) is 1.32. The van der Waals surface area contributed by atoms with Gasteiger partial charge in [0, 0.05) is 12.6 Å². The van der Waals surface area contributed by atoms with Crippen molar-refractivity contribution in [3.63, 3.8) is 0 Å².